The Labute approximate surface area is 114 Å². The molecule has 0 aliphatic heterocycles. The van der Waals surface area contributed by atoms with Gasteiger partial charge in [-0.2, -0.15) is 0 Å². The molecule has 0 saturated heterocycles. The minimum atomic E-state index is -0.276. The summed E-state index contributed by atoms with van der Waals surface area (Å²) in [6.07, 6.45) is 2.46. The van der Waals surface area contributed by atoms with E-state index in [9.17, 15) is 9.90 Å². The average molecular weight is 265 g/mol. The Morgan fingerprint density at radius 3 is 2.42 bits per heavy atom. The fourth-order valence-electron chi connectivity index (χ4n) is 2.21. The van der Waals surface area contributed by atoms with E-state index >= 15 is 0 Å². The second-order valence-electron chi connectivity index (χ2n) is 4.88. The van der Waals surface area contributed by atoms with Gasteiger partial charge in [0, 0.05) is 13.2 Å². The van der Waals surface area contributed by atoms with Crippen LogP contribution in [0.3, 0.4) is 0 Å². The Hall–Kier alpha value is -1.55. The number of rotatable bonds is 7. The van der Waals surface area contributed by atoms with Crippen LogP contribution in [0.5, 0.6) is 5.75 Å². The highest BCUT2D eigenvalue weighted by Crippen LogP contribution is 2.29. The lowest BCUT2D eigenvalue weighted by molar-refractivity contribution is 0.0904. The van der Waals surface area contributed by atoms with Gasteiger partial charge in [0.05, 0.1) is 5.56 Å². The molecule has 0 atom stereocenters. The van der Waals surface area contributed by atoms with Crippen LogP contribution in [0.15, 0.2) is 24.3 Å². The van der Waals surface area contributed by atoms with Crippen molar-refractivity contribution in [2.45, 2.75) is 33.1 Å². The molecule has 0 spiro atoms. The Balaban J connectivity index is 2.70. The lowest BCUT2D eigenvalue weighted by Crippen LogP contribution is -2.37. The highest BCUT2D eigenvalue weighted by Gasteiger charge is 2.26. The van der Waals surface area contributed by atoms with E-state index in [2.05, 4.69) is 19.2 Å². The maximum absolute atomic E-state index is 12.0. The van der Waals surface area contributed by atoms with E-state index in [1.807, 2.05) is 0 Å². The van der Waals surface area contributed by atoms with Gasteiger partial charge < -0.3 is 15.5 Å². The van der Waals surface area contributed by atoms with Crippen LogP contribution in [0.4, 0.5) is 0 Å². The third-order valence-electron chi connectivity index (χ3n) is 3.91. The lowest BCUT2D eigenvalue weighted by atomic mass is 9.79. The van der Waals surface area contributed by atoms with E-state index in [-0.39, 0.29) is 29.2 Å². The van der Waals surface area contributed by atoms with Crippen LogP contribution in [-0.4, -0.2) is 29.3 Å². The summed E-state index contributed by atoms with van der Waals surface area (Å²) in [7, 11) is 0. The fraction of sp³-hybridized carbons (Fsp3) is 0.533. The van der Waals surface area contributed by atoms with Gasteiger partial charge in [-0.25, -0.2) is 0 Å². The number of para-hydroxylation sites is 1. The zero-order valence-corrected chi connectivity index (χ0v) is 11.6. The summed E-state index contributed by atoms with van der Waals surface area (Å²) in [6, 6.07) is 6.49. The topological polar surface area (TPSA) is 69.6 Å². The number of phenols is 1. The molecule has 0 aliphatic carbocycles. The molecule has 1 aromatic rings. The predicted molar refractivity (Wildman–Crippen MR) is 75.2 cm³/mol. The van der Waals surface area contributed by atoms with Crippen molar-refractivity contribution in [2.24, 2.45) is 5.41 Å². The molecule has 0 fully saturated rings. The van der Waals surface area contributed by atoms with Crippen LogP contribution < -0.4 is 5.32 Å². The quantitative estimate of drug-likeness (QED) is 0.708. The van der Waals surface area contributed by atoms with Gasteiger partial charge in [0.15, 0.2) is 0 Å². The van der Waals surface area contributed by atoms with E-state index in [1.54, 1.807) is 18.2 Å². The molecule has 4 heteroatoms. The number of carbonyl (C=O) groups is 1. The Morgan fingerprint density at radius 1 is 1.26 bits per heavy atom. The smallest absolute Gasteiger partial charge is 0.255 e. The van der Waals surface area contributed by atoms with Crippen LogP contribution >= 0.6 is 0 Å². The monoisotopic (exact) mass is 265 g/mol. The van der Waals surface area contributed by atoms with Crippen molar-refractivity contribution in [1.82, 2.24) is 5.32 Å². The van der Waals surface area contributed by atoms with Crippen LogP contribution in [0.25, 0.3) is 0 Å². The Morgan fingerprint density at radius 2 is 1.89 bits per heavy atom. The molecule has 0 bridgehead atoms. The summed E-state index contributed by atoms with van der Waals surface area (Å²) in [5.74, 6) is -0.289. The van der Waals surface area contributed by atoms with Gasteiger partial charge in [0.25, 0.3) is 5.91 Å². The minimum absolute atomic E-state index is 0.0132. The highest BCUT2D eigenvalue weighted by molar-refractivity contribution is 5.96. The largest absolute Gasteiger partial charge is 0.507 e. The average Bonchev–Trinajstić information content (AvgIpc) is 2.44. The summed E-state index contributed by atoms with van der Waals surface area (Å²) in [4.78, 5) is 12.0. The van der Waals surface area contributed by atoms with Gasteiger partial charge in [0.2, 0.25) is 0 Å². The Bertz CT molecular complexity index is 414. The number of benzene rings is 1. The summed E-state index contributed by atoms with van der Waals surface area (Å²) < 4.78 is 0. The maximum Gasteiger partial charge on any atom is 0.255 e. The first-order valence-corrected chi connectivity index (χ1v) is 6.75. The van der Waals surface area contributed by atoms with Crippen LogP contribution in [0.1, 0.15) is 43.5 Å². The van der Waals surface area contributed by atoms with E-state index in [1.165, 1.54) is 6.07 Å². The molecule has 0 saturated carbocycles. The molecule has 0 unspecified atom stereocenters. The lowest BCUT2D eigenvalue weighted by Gasteiger charge is -2.31. The molecule has 3 N–H and O–H groups in total. The third-order valence-corrected chi connectivity index (χ3v) is 3.91. The number of aromatic hydroxyl groups is 1. The normalized spacial score (nSPS) is 11.3. The molecule has 0 radical (unpaired) electrons. The molecular formula is C15H23NO3. The molecule has 106 valence electrons. The predicted octanol–water partition coefficient (Wildman–Crippen LogP) is 2.31. The van der Waals surface area contributed by atoms with Crippen molar-refractivity contribution in [3.63, 3.8) is 0 Å². The van der Waals surface area contributed by atoms with Crippen molar-refractivity contribution < 1.29 is 15.0 Å². The minimum Gasteiger partial charge on any atom is -0.507 e. The molecule has 0 aliphatic rings. The molecule has 0 heterocycles. The molecule has 0 aromatic heterocycles. The zero-order valence-electron chi connectivity index (χ0n) is 11.6. The molecule has 19 heavy (non-hydrogen) atoms. The van der Waals surface area contributed by atoms with Crippen molar-refractivity contribution >= 4 is 5.91 Å². The first-order chi connectivity index (χ1) is 9.08. The maximum atomic E-state index is 12.0. The number of amides is 1. The second kappa shape index (κ2) is 7.14. The molecule has 1 aromatic carbocycles. The highest BCUT2D eigenvalue weighted by atomic mass is 16.3. The van der Waals surface area contributed by atoms with Crippen LogP contribution in [0.2, 0.25) is 0 Å². The molecular weight excluding hydrogens is 242 g/mol. The van der Waals surface area contributed by atoms with Gasteiger partial charge in [-0.3, -0.25) is 4.79 Å². The number of aliphatic hydroxyl groups excluding tert-OH is 1. The number of hydrogen-bond donors (Lipinski definition) is 3. The van der Waals surface area contributed by atoms with Crippen molar-refractivity contribution in [1.29, 1.82) is 0 Å². The van der Waals surface area contributed by atoms with E-state index < -0.39 is 0 Å². The summed E-state index contributed by atoms with van der Waals surface area (Å²) >= 11 is 0. The van der Waals surface area contributed by atoms with Crippen molar-refractivity contribution in [3.8, 4) is 5.75 Å². The summed E-state index contributed by atoms with van der Waals surface area (Å²) in [5.41, 5.74) is 0.210. The summed E-state index contributed by atoms with van der Waals surface area (Å²) in [5, 5.41) is 21.6. The number of phenolic OH excluding ortho intramolecular Hbond substituents is 1. The van der Waals surface area contributed by atoms with Crippen LogP contribution in [-0.2, 0) is 0 Å². The molecule has 1 rings (SSSR count). The summed E-state index contributed by atoms with van der Waals surface area (Å²) in [6.45, 7) is 4.75. The van der Waals surface area contributed by atoms with Gasteiger partial charge in [-0.05, 0) is 36.8 Å². The van der Waals surface area contributed by atoms with Crippen molar-refractivity contribution in [2.75, 3.05) is 13.2 Å². The third kappa shape index (κ3) is 3.96. The number of carbonyl (C=O) groups excluding carboxylic acids is 1. The van der Waals surface area contributed by atoms with E-state index in [0.29, 0.717) is 13.0 Å². The van der Waals surface area contributed by atoms with Gasteiger partial charge in [-0.1, -0.05) is 26.0 Å². The van der Waals surface area contributed by atoms with Crippen LogP contribution in [0, 0.1) is 5.41 Å². The van der Waals surface area contributed by atoms with Gasteiger partial charge >= 0.3 is 0 Å². The van der Waals surface area contributed by atoms with E-state index in [0.717, 1.165) is 12.8 Å². The molecule has 4 nitrogen and oxygen atoms in total. The molecule has 1 amide bonds. The van der Waals surface area contributed by atoms with E-state index in [4.69, 9.17) is 5.11 Å². The fourth-order valence-corrected chi connectivity index (χ4v) is 2.21. The van der Waals surface area contributed by atoms with Gasteiger partial charge in [0.1, 0.15) is 5.75 Å². The first kappa shape index (κ1) is 15.5. The second-order valence-corrected chi connectivity index (χ2v) is 4.88. The Kier molecular flexibility index (Phi) is 5.83. The number of nitrogens with one attached hydrogen (secondary N) is 1. The van der Waals surface area contributed by atoms with Crippen molar-refractivity contribution in [3.05, 3.63) is 29.8 Å². The first-order valence-electron chi connectivity index (χ1n) is 6.75. The number of hydrogen-bond acceptors (Lipinski definition) is 3. The number of aliphatic hydroxyl groups is 1. The standard InChI is InChI=1S/C15H23NO3/c1-3-15(4-2,9-10-17)11-16-14(19)12-7-5-6-8-13(12)18/h5-8,17-18H,3-4,9-11H2,1-2H3,(H,16,19). The van der Waals surface area contributed by atoms with Gasteiger partial charge in [-0.15, -0.1) is 0 Å². The SMILES string of the molecule is CCC(CC)(CCO)CNC(=O)c1ccccc1O. The zero-order chi connectivity index (χ0) is 14.3.